The highest BCUT2D eigenvalue weighted by Gasteiger charge is 2.41. The molecule has 1 aliphatic carbocycles. The number of hydrogen-bond acceptors (Lipinski definition) is 3. The predicted molar refractivity (Wildman–Crippen MR) is 82.2 cm³/mol. The number of halogens is 1. The molecule has 1 amide bonds. The van der Waals surface area contributed by atoms with Crippen molar-refractivity contribution in [3.05, 3.63) is 46.4 Å². The van der Waals surface area contributed by atoms with Gasteiger partial charge in [-0.1, -0.05) is 31.5 Å². The summed E-state index contributed by atoms with van der Waals surface area (Å²) in [6.07, 6.45) is 2.45. The van der Waals surface area contributed by atoms with Crippen LogP contribution in [0.3, 0.4) is 0 Å². The Bertz CT molecular complexity index is 735. The standard InChI is InChI=1S/C15H17ClN4O/c1-15(2)6-8-5-9(16)3-4-10(8)12(15)20-7-19-13(17)11(20)14(18)21/h3-5,7,12H,6,17H2,1-2H3,(H2,18,21). The van der Waals surface area contributed by atoms with E-state index in [1.165, 1.54) is 5.56 Å². The zero-order chi connectivity index (χ0) is 15.4. The molecule has 0 spiro atoms. The van der Waals surface area contributed by atoms with Crippen molar-refractivity contribution in [3.63, 3.8) is 0 Å². The fraction of sp³-hybridized carbons (Fsp3) is 0.333. The highest BCUT2D eigenvalue weighted by Crippen LogP contribution is 2.48. The van der Waals surface area contributed by atoms with Crippen molar-refractivity contribution in [1.29, 1.82) is 0 Å². The van der Waals surface area contributed by atoms with Gasteiger partial charge in [-0.25, -0.2) is 4.98 Å². The van der Waals surface area contributed by atoms with Crippen LogP contribution in [-0.4, -0.2) is 15.5 Å². The third-order valence-electron chi connectivity index (χ3n) is 4.12. The predicted octanol–water partition coefficient (Wildman–Crippen LogP) is 2.39. The van der Waals surface area contributed by atoms with E-state index in [9.17, 15) is 4.79 Å². The summed E-state index contributed by atoms with van der Waals surface area (Å²) >= 11 is 6.08. The van der Waals surface area contributed by atoms with Crippen LogP contribution < -0.4 is 11.5 Å². The minimum atomic E-state index is -0.566. The van der Waals surface area contributed by atoms with Crippen molar-refractivity contribution >= 4 is 23.3 Å². The molecule has 1 unspecified atom stereocenters. The lowest BCUT2D eigenvalue weighted by Gasteiger charge is -2.29. The van der Waals surface area contributed by atoms with Crippen LogP contribution in [0.2, 0.25) is 5.02 Å². The Hall–Kier alpha value is -2.01. The van der Waals surface area contributed by atoms with Gasteiger partial charge in [0.1, 0.15) is 0 Å². The lowest BCUT2D eigenvalue weighted by atomic mass is 9.85. The van der Waals surface area contributed by atoms with Gasteiger partial charge in [0.15, 0.2) is 11.5 Å². The minimum Gasteiger partial charge on any atom is -0.382 e. The number of benzene rings is 1. The summed E-state index contributed by atoms with van der Waals surface area (Å²) in [7, 11) is 0. The normalized spacial score (nSPS) is 19.5. The van der Waals surface area contributed by atoms with Crippen molar-refractivity contribution in [2.24, 2.45) is 11.1 Å². The van der Waals surface area contributed by atoms with E-state index in [0.717, 1.165) is 12.0 Å². The molecule has 5 nitrogen and oxygen atoms in total. The number of carbonyl (C=O) groups excluding carboxylic acids is 1. The van der Waals surface area contributed by atoms with Crippen molar-refractivity contribution < 1.29 is 4.79 Å². The number of aromatic nitrogens is 2. The molecule has 0 radical (unpaired) electrons. The Morgan fingerprint density at radius 1 is 1.48 bits per heavy atom. The fourth-order valence-corrected chi connectivity index (χ4v) is 3.55. The quantitative estimate of drug-likeness (QED) is 0.893. The molecule has 110 valence electrons. The Morgan fingerprint density at radius 3 is 2.86 bits per heavy atom. The number of rotatable bonds is 2. The zero-order valence-electron chi connectivity index (χ0n) is 11.9. The Morgan fingerprint density at radius 2 is 2.19 bits per heavy atom. The van der Waals surface area contributed by atoms with Gasteiger partial charge in [0.05, 0.1) is 12.4 Å². The van der Waals surface area contributed by atoms with E-state index >= 15 is 0 Å². The second kappa shape index (κ2) is 4.49. The van der Waals surface area contributed by atoms with Crippen LogP contribution in [0.5, 0.6) is 0 Å². The van der Waals surface area contributed by atoms with Gasteiger partial charge in [-0.05, 0) is 35.1 Å². The number of carbonyl (C=O) groups is 1. The molecule has 0 fully saturated rings. The van der Waals surface area contributed by atoms with Crippen molar-refractivity contribution in [2.45, 2.75) is 26.3 Å². The van der Waals surface area contributed by atoms with Crippen LogP contribution in [0.15, 0.2) is 24.5 Å². The largest absolute Gasteiger partial charge is 0.382 e. The first kappa shape index (κ1) is 13.9. The molecule has 4 N–H and O–H groups in total. The lowest BCUT2D eigenvalue weighted by Crippen LogP contribution is -2.28. The van der Waals surface area contributed by atoms with Crippen molar-refractivity contribution in [3.8, 4) is 0 Å². The zero-order valence-corrected chi connectivity index (χ0v) is 12.7. The number of fused-ring (bicyclic) bond motifs is 1. The number of imidazole rings is 1. The third kappa shape index (κ3) is 2.08. The van der Waals surface area contributed by atoms with E-state index in [1.54, 1.807) is 10.9 Å². The molecule has 1 aromatic heterocycles. The Balaban J connectivity index is 2.21. The molecule has 21 heavy (non-hydrogen) atoms. The number of amides is 1. The van der Waals surface area contributed by atoms with Crippen LogP contribution in [0.1, 0.15) is 41.5 Å². The van der Waals surface area contributed by atoms with E-state index in [-0.39, 0.29) is 23.0 Å². The number of anilines is 1. The van der Waals surface area contributed by atoms with Crippen LogP contribution in [0, 0.1) is 5.41 Å². The summed E-state index contributed by atoms with van der Waals surface area (Å²) in [5.41, 5.74) is 13.7. The van der Waals surface area contributed by atoms with Crippen LogP contribution in [0.25, 0.3) is 0 Å². The lowest BCUT2D eigenvalue weighted by molar-refractivity contribution is 0.0988. The maximum atomic E-state index is 11.7. The van der Waals surface area contributed by atoms with Gasteiger partial charge in [-0.2, -0.15) is 0 Å². The van der Waals surface area contributed by atoms with Gasteiger partial charge in [-0.3, -0.25) is 4.79 Å². The minimum absolute atomic E-state index is 0.0444. The molecule has 6 heteroatoms. The first-order chi connectivity index (χ1) is 9.81. The number of nitrogens with two attached hydrogens (primary N) is 2. The maximum Gasteiger partial charge on any atom is 0.269 e. The SMILES string of the molecule is CC1(C)Cc2cc(Cl)ccc2C1n1cnc(N)c1C(N)=O. The molecule has 2 aromatic rings. The molecule has 1 atom stereocenters. The molecule has 0 aliphatic heterocycles. The molecule has 3 rings (SSSR count). The van der Waals surface area contributed by atoms with Crippen molar-refractivity contribution in [1.82, 2.24) is 9.55 Å². The number of nitrogens with zero attached hydrogens (tertiary/aromatic N) is 2. The van der Waals surface area contributed by atoms with Gasteiger partial charge in [0.25, 0.3) is 5.91 Å². The third-order valence-corrected chi connectivity index (χ3v) is 4.35. The average Bonchev–Trinajstić information content (AvgIpc) is 2.84. The van der Waals surface area contributed by atoms with E-state index in [2.05, 4.69) is 18.8 Å². The van der Waals surface area contributed by atoms with Gasteiger partial charge in [0.2, 0.25) is 0 Å². The van der Waals surface area contributed by atoms with Crippen LogP contribution >= 0.6 is 11.6 Å². The molecular formula is C15H17ClN4O. The van der Waals surface area contributed by atoms with Crippen LogP contribution in [0.4, 0.5) is 5.82 Å². The molecular weight excluding hydrogens is 288 g/mol. The summed E-state index contributed by atoms with van der Waals surface area (Å²) in [6, 6.07) is 5.79. The average molecular weight is 305 g/mol. The van der Waals surface area contributed by atoms with Crippen LogP contribution in [-0.2, 0) is 6.42 Å². The fourth-order valence-electron chi connectivity index (χ4n) is 3.35. The van der Waals surface area contributed by atoms with E-state index in [0.29, 0.717) is 5.02 Å². The topological polar surface area (TPSA) is 86.9 Å². The smallest absolute Gasteiger partial charge is 0.269 e. The van der Waals surface area contributed by atoms with E-state index in [1.807, 2.05) is 18.2 Å². The number of nitrogen functional groups attached to an aromatic ring is 1. The molecule has 0 saturated heterocycles. The first-order valence-electron chi connectivity index (χ1n) is 6.71. The van der Waals surface area contributed by atoms with Gasteiger partial charge >= 0.3 is 0 Å². The highest BCUT2D eigenvalue weighted by molar-refractivity contribution is 6.30. The Labute approximate surface area is 127 Å². The van der Waals surface area contributed by atoms with E-state index in [4.69, 9.17) is 23.1 Å². The molecule has 1 heterocycles. The number of primary amides is 1. The highest BCUT2D eigenvalue weighted by atomic mass is 35.5. The molecule has 1 aromatic carbocycles. The molecule has 1 aliphatic rings. The second-order valence-electron chi connectivity index (χ2n) is 6.16. The number of hydrogen-bond donors (Lipinski definition) is 2. The van der Waals surface area contributed by atoms with Gasteiger partial charge in [-0.15, -0.1) is 0 Å². The molecule has 0 saturated carbocycles. The summed E-state index contributed by atoms with van der Waals surface area (Å²) in [5.74, 6) is -0.399. The second-order valence-corrected chi connectivity index (χ2v) is 6.60. The van der Waals surface area contributed by atoms with Gasteiger partial charge < -0.3 is 16.0 Å². The summed E-state index contributed by atoms with van der Waals surface area (Å²) in [5, 5.41) is 0.713. The first-order valence-corrected chi connectivity index (χ1v) is 7.09. The van der Waals surface area contributed by atoms with Gasteiger partial charge in [0, 0.05) is 5.02 Å². The summed E-state index contributed by atoms with van der Waals surface area (Å²) in [6.45, 7) is 4.29. The van der Waals surface area contributed by atoms with E-state index < -0.39 is 5.91 Å². The Kier molecular flexibility index (Phi) is 2.99. The summed E-state index contributed by atoms with van der Waals surface area (Å²) in [4.78, 5) is 15.8. The summed E-state index contributed by atoms with van der Waals surface area (Å²) < 4.78 is 1.79. The maximum absolute atomic E-state index is 11.7. The monoisotopic (exact) mass is 304 g/mol. The molecule has 0 bridgehead atoms. The van der Waals surface area contributed by atoms with Crippen molar-refractivity contribution in [2.75, 3.05) is 5.73 Å².